The van der Waals surface area contributed by atoms with Crippen LogP contribution in [0, 0.1) is 73.4 Å². The normalized spacial score (nSPS) is 41.9. The second-order valence-electron chi connectivity index (χ2n) is 22.9. The molecule has 10 atom stereocenters. The Kier molecular flexibility index (Phi) is 11.1. The fourth-order valence-corrected chi connectivity index (χ4v) is 16.8. The second-order valence-corrected chi connectivity index (χ2v) is 22.9. The largest absolute Gasteiger partial charge is 0.481 e. The van der Waals surface area contributed by atoms with Crippen molar-refractivity contribution in [3.05, 3.63) is 0 Å². The highest BCUT2D eigenvalue weighted by Gasteiger charge is 2.71. The predicted molar refractivity (Wildman–Crippen MR) is 215 cm³/mol. The van der Waals surface area contributed by atoms with E-state index in [0.717, 1.165) is 89.9 Å². The topological polar surface area (TPSA) is 127 Å². The molecule has 7 saturated carbocycles. The van der Waals surface area contributed by atoms with Gasteiger partial charge in [-0.15, -0.1) is 0 Å². The molecule has 316 valence electrons. The molecule has 0 amide bonds. The van der Waals surface area contributed by atoms with Crippen LogP contribution in [-0.4, -0.2) is 46.8 Å². The highest BCUT2D eigenvalue weighted by Crippen LogP contribution is 2.77. The van der Waals surface area contributed by atoms with Crippen LogP contribution in [0.15, 0.2) is 0 Å². The third kappa shape index (κ3) is 6.96. The van der Waals surface area contributed by atoms with Gasteiger partial charge in [0.2, 0.25) is 0 Å². The van der Waals surface area contributed by atoms with Crippen LogP contribution >= 0.6 is 0 Å². The summed E-state index contributed by atoms with van der Waals surface area (Å²) in [6, 6.07) is 0. The summed E-state index contributed by atoms with van der Waals surface area (Å²) in [5.74, 6) is 1.31. The Morgan fingerprint density at radius 2 is 1.20 bits per heavy atom. The Labute approximate surface area is 337 Å². The number of fused-ring (bicyclic) bond motifs is 7. The Hall–Kier alpha value is -2.12. The van der Waals surface area contributed by atoms with Crippen molar-refractivity contribution in [3.8, 4) is 0 Å². The van der Waals surface area contributed by atoms with E-state index in [2.05, 4.69) is 48.5 Å². The maximum Gasteiger partial charge on any atom is 0.306 e. The lowest BCUT2D eigenvalue weighted by molar-refractivity contribution is -0.254. The van der Waals surface area contributed by atoms with Crippen LogP contribution in [0.4, 0.5) is 0 Å². The first-order valence-corrected chi connectivity index (χ1v) is 23.0. The van der Waals surface area contributed by atoms with E-state index in [-0.39, 0.29) is 70.8 Å². The molecule has 7 rings (SSSR count). The number of carboxylic acids is 2. The minimum atomic E-state index is -0.816. The van der Waals surface area contributed by atoms with E-state index < -0.39 is 22.8 Å². The van der Waals surface area contributed by atoms with E-state index in [9.17, 15) is 29.4 Å². The number of carboxylic acid groups (broad SMARTS) is 2. The number of ether oxygens (including phenoxy) is 2. The number of hydrogen-bond acceptors (Lipinski definition) is 6. The molecule has 0 radical (unpaired) electrons. The van der Waals surface area contributed by atoms with Gasteiger partial charge in [-0.3, -0.25) is 19.2 Å². The summed E-state index contributed by atoms with van der Waals surface area (Å²) in [5.41, 5.74) is -0.554. The number of hydrogen-bond donors (Lipinski definition) is 2. The molecule has 8 nitrogen and oxygen atoms in total. The fraction of sp³-hybridized carbons (Fsp3) is 0.917. The van der Waals surface area contributed by atoms with E-state index in [1.165, 1.54) is 25.7 Å². The third-order valence-corrected chi connectivity index (χ3v) is 19.7. The molecule has 0 saturated heterocycles. The zero-order chi connectivity index (χ0) is 40.5. The minimum Gasteiger partial charge on any atom is -0.481 e. The second kappa shape index (κ2) is 14.9. The van der Waals surface area contributed by atoms with Gasteiger partial charge in [0.1, 0.15) is 6.10 Å². The van der Waals surface area contributed by atoms with Gasteiger partial charge >= 0.3 is 23.9 Å². The van der Waals surface area contributed by atoms with Crippen molar-refractivity contribution >= 4 is 23.9 Å². The number of rotatable bonds is 12. The molecule has 7 aliphatic rings. The highest BCUT2D eigenvalue weighted by molar-refractivity contribution is 5.74. The molecule has 0 bridgehead atoms. The Balaban J connectivity index is 1.07. The van der Waals surface area contributed by atoms with Gasteiger partial charge in [0, 0.05) is 10.8 Å². The summed E-state index contributed by atoms with van der Waals surface area (Å²) in [5, 5.41) is 19.3. The summed E-state index contributed by atoms with van der Waals surface area (Å²) in [6.07, 6.45) is 18.8. The first kappa shape index (κ1) is 42.0. The average Bonchev–Trinajstić information content (AvgIpc) is 3.84. The van der Waals surface area contributed by atoms with Crippen molar-refractivity contribution < 1.29 is 38.9 Å². The van der Waals surface area contributed by atoms with Crippen LogP contribution in [0.5, 0.6) is 0 Å². The van der Waals surface area contributed by atoms with Gasteiger partial charge in [-0.1, -0.05) is 74.1 Å². The predicted octanol–water partition coefficient (Wildman–Crippen LogP) is 11.0. The average molecular weight is 781 g/mol. The van der Waals surface area contributed by atoms with Gasteiger partial charge in [-0.05, 0) is 152 Å². The van der Waals surface area contributed by atoms with E-state index in [4.69, 9.17) is 9.47 Å². The van der Waals surface area contributed by atoms with Crippen LogP contribution in [-0.2, 0) is 28.7 Å². The van der Waals surface area contributed by atoms with Crippen LogP contribution in [0.1, 0.15) is 190 Å². The molecule has 8 heteroatoms. The minimum absolute atomic E-state index is 0.000180. The molecular weight excluding hydrogens is 705 g/mol. The summed E-state index contributed by atoms with van der Waals surface area (Å²) >= 11 is 0. The summed E-state index contributed by atoms with van der Waals surface area (Å²) < 4.78 is 12.8. The monoisotopic (exact) mass is 781 g/mol. The van der Waals surface area contributed by atoms with Crippen molar-refractivity contribution in [2.75, 3.05) is 6.61 Å². The van der Waals surface area contributed by atoms with E-state index >= 15 is 0 Å². The van der Waals surface area contributed by atoms with Crippen molar-refractivity contribution in [2.24, 2.45) is 73.4 Å². The molecule has 0 aromatic heterocycles. The van der Waals surface area contributed by atoms with E-state index in [1.54, 1.807) is 0 Å². The van der Waals surface area contributed by atoms with Gasteiger partial charge in [0.15, 0.2) is 0 Å². The van der Waals surface area contributed by atoms with Crippen molar-refractivity contribution in [1.29, 1.82) is 0 Å². The smallest absolute Gasteiger partial charge is 0.306 e. The summed E-state index contributed by atoms with van der Waals surface area (Å²) in [7, 11) is 0. The molecule has 0 aromatic rings. The fourth-order valence-electron chi connectivity index (χ4n) is 16.8. The summed E-state index contributed by atoms with van der Waals surface area (Å²) in [6.45, 7) is 17.9. The molecule has 2 N–H and O–H groups in total. The zero-order valence-corrected chi connectivity index (χ0v) is 36.1. The highest BCUT2D eigenvalue weighted by atomic mass is 16.5. The molecule has 0 aromatic carbocycles. The molecule has 0 spiro atoms. The molecule has 7 aliphatic carbocycles. The van der Waals surface area contributed by atoms with Crippen LogP contribution in [0.25, 0.3) is 0 Å². The zero-order valence-electron chi connectivity index (χ0n) is 36.1. The van der Waals surface area contributed by atoms with Gasteiger partial charge in [-0.25, -0.2) is 0 Å². The number of carbonyl (C=O) groups excluding carboxylic acids is 2. The van der Waals surface area contributed by atoms with Gasteiger partial charge in [0.05, 0.1) is 32.3 Å². The molecule has 56 heavy (non-hydrogen) atoms. The lowest BCUT2D eigenvalue weighted by atomic mass is 9.32. The summed E-state index contributed by atoms with van der Waals surface area (Å²) in [4.78, 5) is 50.7. The van der Waals surface area contributed by atoms with Gasteiger partial charge in [-0.2, -0.15) is 0 Å². The van der Waals surface area contributed by atoms with Crippen molar-refractivity contribution in [1.82, 2.24) is 0 Å². The van der Waals surface area contributed by atoms with E-state index in [1.807, 2.05) is 0 Å². The maximum absolute atomic E-state index is 13.6. The maximum atomic E-state index is 13.6. The number of carbonyl (C=O) groups is 4. The first-order chi connectivity index (χ1) is 26.2. The third-order valence-electron chi connectivity index (χ3n) is 19.7. The molecule has 4 unspecified atom stereocenters. The molecule has 0 heterocycles. The Morgan fingerprint density at radius 3 is 1.77 bits per heavy atom. The lowest BCUT2D eigenvalue weighted by Crippen LogP contribution is -2.67. The van der Waals surface area contributed by atoms with Crippen LogP contribution < -0.4 is 0 Å². The van der Waals surface area contributed by atoms with Gasteiger partial charge in [0.25, 0.3) is 0 Å². The van der Waals surface area contributed by atoms with Crippen molar-refractivity contribution in [3.63, 3.8) is 0 Å². The van der Waals surface area contributed by atoms with Crippen LogP contribution in [0.2, 0.25) is 0 Å². The lowest BCUT2D eigenvalue weighted by Gasteiger charge is -2.73. The standard InChI is InChI=1S/C48H76O8/c1-31(2)32-14-23-48(30-55-39(53)28-46(26-37(49)50)17-8-9-18-46)25-24-44(6)33(41(32)48)12-13-35-43(5)21-16-36(42(3,4)34(43)15-22-45(35,44)7)56-40(54)29-47(27-38(51)52)19-10-11-20-47/h31-36,41H,8-30H2,1-7H3,(H,49,50)(H,51,52)/t32-,33?,34?,35?,36-,41?,43-,44+,45+,48+/m0/s1. The Morgan fingerprint density at radius 1 is 0.607 bits per heavy atom. The first-order valence-electron chi connectivity index (χ1n) is 23.0. The van der Waals surface area contributed by atoms with E-state index in [0.29, 0.717) is 42.1 Å². The molecular formula is C48H76O8. The van der Waals surface area contributed by atoms with Gasteiger partial charge < -0.3 is 19.7 Å². The Bertz CT molecular complexity index is 1520. The van der Waals surface area contributed by atoms with Crippen molar-refractivity contribution in [2.45, 2.75) is 196 Å². The molecule has 0 aliphatic heterocycles. The van der Waals surface area contributed by atoms with Crippen LogP contribution in [0.3, 0.4) is 0 Å². The number of aliphatic carboxylic acids is 2. The molecule has 7 fully saturated rings. The SMILES string of the molecule is CC(C)[C@@H]1CC[C@]2(COC(=O)CC3(CC(=O)O)CCCC3)CC[C@]3(C)C(CCC4[C@@]5(C)CC[C@H](OC(=O)CC6(CC(=O)O)CCCC6)C(C)(C)C5CC[C@]43C)C12. The number of esters is 2. The quantitative estimate of drug-likeness (QED) is 0.187.